The Balaban J connectivity index is 2.03. The lowest BCUT2D eigenvalue weighted by atomic mass is 9.96. The number of hydrogen-bond donors (Lipinski definition) is 1. The summed E-state index contributed by atoms with van der Waals surface area (Å²) in [5.74, 6) is 0.240. The molecule has 0 saturated carbocycles. The number of anilines is 1. The van der Waals surface area contributed by atoms with E-state index in [9.17, 15) is 4.39 Å². The SMILES string of the molecule is CC(C)N(CC[C@@H]1CNc2cccc(F)c21)C(C)C. The van der Waals surface area contributed by atoms with Crippen molar-refractivity contribution in [1.29, 1.82) is 0 Å². The number of halogens is 1. The summed E-state index contributed by atoms with van der Waals surface area (Å²) >= 11 is 0. The summed E-state index contributed by atoms with van der Waals surface area (Å²) in [5, 5.41) is 3.31. The summed E-state index contributed by atoms with van der Waals surface area (Å²) in [6, 6.07) is 6.39. The zero-order valence-electron chi connectivity index (χ0n) is 12.4. The van der Waals surface area contributed by atoms with Gasteiger partial charge in [0.25, 0.3) is 0 Å². The fraction of sp³-hybridized carbons (Fsp3) is 0.625. The maximum Gasteiger partial charge on any atom is 0.128 e. The molecule has 1 atom stereocenters. The number of nitrogens with zero attached hydrogens (tertiary/aromatic N) is 1. The van der Waals surface area contributed by atoms with Gasteiger partial charge in [-0.05, 0) is 52.8 Å². The third kappa shape index (κ3) is 3.08. The van der Waals surface area contributed by atoms with Gasteiger partial charge in [-0.1, -0.05) is 6.07 Å². The van der Waals surface area contributed by atoms with E-state index >= 15 is 0 Å². The Morgan fingerprint density at radius 3 is 2.58 bits per heavy atom. The van der Waals surface area contributed by atoms with Gasteiger partial charge < -0.3 is 5.32 Å². The molecule has 0 aliphatic carbocycles. The fourth-order valence-corrected chi connectivity index (χ4v) is 3.11. The first-order chi connectivity index (χ1) is 9.00. The maximum absolute atomic E-state index is 13.9. The molecule has 0 amide bonds. The van der Waals surface area contributed by atoms with Crippen molar-refractivity contribution in [3.05, 3.63) is 29.6 Å². The quantitative estimate of drug-likeness (QED) is 0.869. The van der Waals surface area contributed by atoms with Gasteiger partial charge in [0.15, 0.2) is 0 Å². The first-order valence-corrected chi connectivity index (χ1v) is 7.28. The lowest BCUT2D eigenvalue weighted by Gasteiger charge is -2.31. The topological polar surface area (TPSA) is 15.3 Å². The predicted octanol–water partition coefficient (Wildman–Crippen LogP) is 3.84. The maximum atomic E-state index is 13.9. The van der Waals surface area contributed by atoms with E-state index in [1.807, 2.05) is 6.07 Å². The molecule has 0 aromatic heterocycles. The summed E-state index contributed by atoms with van der Waals surface area (Å²) in [5.41, 5.74) is 1.86. The van der Waals surface area contributed by atoms with Crippen LogP contribution in [0.5, 0.6) is 0 Å². The fourth-order valence-electron chi connectivity index (χ4n) is 3.11. The molecule has 3 heteroatoms. The van der Waals surface area contributed by atoms with E-state index in [2.05, 4.69) is 37.9 Å². The Kier molecular flexibility index (Phi) is 4.46. The van der Waals surface area contributed by atoms with Gasteiger partial charge >= 0.3 is 0 Å². The lowest BCUT2D eigenvalue weighted by molar-refractivity contribution is 0.169. The van der Waals surface area contributed by atoms with Crippen molar-refractivity contribution < 1.29 is 4.39 Å². The van der Waals surface area contributed by atoms with Gasteiger partial charge in [0.1, 0.15) is 5.82 Å². The van der Waals surface area contributed by atoms with Crippen molar-refractivity contribution in [1.82, 2.24) is 4.90 Å². The van der Waals surface area contributed by atoms with E-state index < -0.39 is 0 Å². The number of fused-ring (bicyclic) bond motifs is 1. The minimum Gasteiger partial charge on any atom is -0.384 e. The Morgan fingerprint density at radius 1 is 1.26 bits per heavy atom. The summed E-state index contributed by atoms with van der Waals surface area (Å²) in [4.78, 5) is 2.47. The summed E-state index contributed by atoms with van der Waals surface area (Å²) in [6.45, 7) is 10.8. The molecule has 0 spiro atoms. The van der Waals surface area contributed by atoms with Crippen LogP contribution in [0.25, 0.3) is 0 Å². The second-order valence-corrected chi connectivity index (χ2v) is 5.99. The monoisotopic (exact) mass is 264 g/mol. The predicted molar refractivity (Wildman–Crippen MR) is 79.2 cm³/mol. The largest absolute Gasteiger partial charge is 0.384 e. The highest BCUT2D eigenvalue weighted by atomic mass is 19.1. The Hall–Kier alpha value is -1.09. The standard InChI is InChI=1S/C16H25FN2/c1-11(2)19(12(3)4)9-8-13-10-18-15-7-5-6-14(17)16(13)15/h5-7,11-13,18H,8-10H2,1-4H3/t13-/m1/s1. The van der Waals surface area contributed by atoms with E-state index in [4.69, 9.17) is 0 Å². The van der Waals surface area contributed by atoms with Crippen molar-refractivity contribution in [2.24, 2.45) is 0 Å². The van der Waals surface area contributed by atoms with Crippen LogP contribution in [0.4, 0.5) is 10.1 Å². The normalized spacial score (nSPS) is 18.2. The van der Waals surface area contributed by atoms with Gasteiger partial charge in [-0.3, -0.25) is 4.90 Å². The molecule has 1 aromatic rings. The minimum atomic E-state index is -0.0619. The number of nitrogens with one attached hydrogen (secondary N) is 1. The molecule has 19 heavy (non-hydrogen) atoms. The molecule has 0 fully saturated rings. The van der Waals surface area contributed by atoms with Crippen LogP contribution < -0.4 is 5.32 Å². The molecule has 1 aliphatic heterocycles. The van der Waals surface area contributed by atoms with Gasteiger partial charge in [0.05, 0.1) is 0 Å². The molecule has 0 bridgehead atoms. The number of benzene rings is 1. The molecule has 106 valence electrons. The van der Waals surface area contributed by atoms with Crippen molar-refractivity contribution in [3.8, 4) is 0 Å². The third-order valence-electron chi connectivity index (χ3n) is 4.06. The van der Waals surface area contributed by atoms with E-state index in [-0.39, 0.29) is 5.82 Å². The number of rotatable bonds is 5. The summed E-state index contributed by atoms with van der Waals surface area (Å²) in [6.07, 6.45) is 1.01. The molecule has 2 nitrogen and oxygen atoms in total. The zero-order chi connectivity index (χ0) is 14.0. The van der Waals surface area contributed by atoms with Gasteiger partial charge in [0, 0.05) is 35.8 Å². The third-order valence-corrected chi connectivity index (χ3v) is 4.06. The first kappa shape index (κ1) is 14.3. The van der Waals surface area contributed by atoms with E-state index in [1.54, 1.807) is 12.1 Å². The average molecular weight is 264 g/mol. The van der Waals surface area contributed by atoms with Crippen molar-refractivity contribution in [2.45, 2.75) is 52.1 Å². The molecular weight excluding hydrogens is 239 g/mol. The van der Waals surface area contributed by atoms with Crippen molar-refractivity contribution in [3.63, 3.8) is 0 Å². The molecule has 1 aromatic carbocycles. The Morgan fingerprint density at radius 2 is 1.95 bits per heavy atom. The van der Waals surface area contributed by atoms with Crippen LogP contribution in [0.2, 0.25) is 0 Å². The van der Waals surface area contributed by atoms with E-state index in [0.717, 1.165) is 30.8 Å². The van der Waals surface area contributed by atoms with Crippen LogP contribution in [0.3, 0.4) is 0 Å². The molecule has 1 aliphatic rings. The highest BCUT2D eigenvalue weighted by Crippen LogP contribution is 2.35. The van der Waals surface area contributed by atoms with E-state index in [0.29, 0.717) is 18.0 Å². The molecule has 1 heterocycles. The van der Waals surface area contributed by atoms with Crippen LogP contribution in [0.1, 0.15) is 45.6 Å². The lowest BCUT2D eigenvalue weighted by Crippen LogP contribution is -2.38. The summed E-state index contributed by atoms with van der Waals surface area (Å²) < 4.78 is 13.9. The van der Waals surface area contributed by atoms with Crippen LogP contribution in [-0.4, -0.2) is 30.1 Å². The smallest absolute Gasteiger partial charge is 0.128 e. The molecule has 0 unspecified atom stereocenters. The molecule has 1 N–H and O–H groups in total. The first-order valence-electron chi connectivity index (χ1n) is 7.28. The molecule has 0 radical (unpaired) electrons. The van der Waals surface area contributed by atoms with Gasteiger partial charge in [-0.15, -0.1) is 0 Å². The molecule has 2 rings (SSSR count). The van der Waals surface area contributed by atoms with Gasteiger partial charge in [-0.25, -0.2) is 4.39 Å². The highest BCUT2D eigenvalue weighted by Gasteiger charge is 2.26. The highest BCUT2D eigenvalue weighted by molar-refractivity contribution is 5.58. The van der Waals surface area contributed by atoms with Gasteiger partial charge in [-0.2, -0.15) is 0 Å². The number of hydrogen-bond acceptors (Lipinski definition) is 2. The second kappa shape index (κ2) is 5.91. The van der Waals surface area contributed by atoms with Crippen LogP contribution >= 0.6 is 0 Å². The Labute approximate surface area is 116 Å². The second-order valence-electron chi connectivity index (χ2n) is 5.99. The van der Waals surface area contributed by atoms with Crippen LogP contribution in [0, 0.1) is 5.82 Å². The van der Waals surface area contributed by atoms with E-state index in [1.165, 1.54) is 0 Å². The van der Waals surface area contributed by atoms with Crippen LogP contribution in [-0.2, 0) is 0 Å². The summed E-state index contributed by atoms with van der Waals surface area (Å²) in [7, 11) is 0. The molecule has 0 saturated heterocycles. The van der Waals surface area contributed by atoms with Crippen molar-refractivity contribution in [2.75, 3.05) is 18.4 Å². The Bertz CT molecular complexity index is 421. The van der Waals surface area contributed by atoms with Crippen molar-refractivity contribution >= 4 is 5.69 Å². The average Bonchev–Trinajstić information content (AvgIpc) is 2.73. The van der Waals surface area contributed by atoms with Gasteiger partial charge in [0.2, 0.25) is 0 Å². The zero-order valence-corrected chi connectivity index (χ0v) is 12.4. The molecular formula is C16H25FN2. The minimum absolute atomic E-state index is 0.0619. The van der Waals surface area contributed by atoms with Crippen LogP contribution in [0.15, 0.2) is 18.2 Å².